The van der Waals surface area contributed by atoms with Crippen LogP contribution in [0.5, 0.6) is 11.5 Å². The first-order valence-corrected chi connectivity index (χ1v) is 16.0. The zero-order valence-electron chi connectivity index (χ0n) is 25.0. The van der Waals surface area contributed by atoms with Crippen molar-refractivity contribution in [1.29, 1.82) is 0 Å². The molecule has 1 N–H and O–H groups in total. The molecule has 5 rings (SSSR count). The SMILES string of the molecule is CCOC(=O)CCC1CCNC(C(=O)CC2SC(c3cccc(OC)c3OC)c3cc(Cl)ccc3-n3c2nnc3C(F)(F)F)C1. The van der Waals surface area contributed by atoms with Gasteiger partial charge in [-0.25, -0.2) is 0 Å². The third kappa shape index (κ3) is 7.10. The van der Waals surface area contributed by atoms with Gasteiger partial charge >= 0.3 is 12.1 Å². The highest BCUT2D eigenvalue weighted by atomic mass is 35.5. The Balaban J connectivity index is 1.54. The molecule has 1 saturated heterocycles. The standard InChI is InChI=1S/C31H34ClF3N4O5S/c1-4-44-26(41)11-8-17-12-13-36-21(14-17)23(40)16-25-29-37-38-30(31(33,34)35)39(29)22-10-9-18(32)15-20(22)28(45-25)19-6-5-7-24(42-2)27(19)43-3/h5-7,9-10,15,17,21,25,28,36H,4,8,11-14,16H2,1-3H3. The molecular weight excluding hydrogens is 633 g/mol. The molecule has 9 nitrogen and oxygen atoms in total. The van der Waals surface area contributed by atoms with E-state index in [4.69, 9.17) is 25.8 Å². The van der Waals surface area contributed by atoms with Crippen molar-refractivity contribution in [2.24, 2.45) is 5.92 Å². The maximum Gasteiger partial charge on any atom is 0.452 e. The highest BCUT2D eigenvalue weighted by molar-refractivity contribution is 8.00. The number of carbonyl (C=O) groups excluding carboxylic acids is 2. The van der Waals surface area contributed by atoms with Crippen LogP contribution in [0.3, 0.4) is 0 Å². The van der Waals surface area contributed by atoms with Gasteiger partial charge in [0.15, 0.2) is 23.1 Å². The monoisotopic (exact) mass is 666 g/mol. The zero-order valence-corrected chi connectivity index (χ0v) is 26.6. The fourth-order valence-electron chi connectivity index (χ4n) is 6.05. The fraction of sp³-hybridized carbons (Fsp3) is 0.484. The minimum Gasteiger partial charge on any atom is -0.493 e. The van der Waals surface area contributed by atoms with Gasteiger partial charge in [-0.1, -0.05) is 23.7 Å². The summed E-state index contributed by atoms with van der Waals surface area (Å²) < 4.78 is 60.3. The number of carbonyl (C=O) groups is 2. The minimum absolute atomic E-state index is 0.0169. The summed E-state index contributed by atoms with van der Waals surface area (Å²) in [6, 6.07) is 9.46. The van der Waals surface area contributed by atoms with Crippen LogP contribution in [0.1, 0.15) is 72.3 Å². The van der Waals surface area contributed by atoms with Crippen molar-refractivity contribution in [2.75, 3.05) is 27.4 Å². The third-order valence-corrected chi connectivity index (χ3v) is 9.83. The number of piperidine rings is 1. The molecule has 3 heterocycles. The van der Waals surface area contributed by atoms with E-state index in [9.17, 15) is 22.8 Å². The molecule has 0 spiro atoms. The second kappa shape index (κ2) is 14.0. The average Bonchev–Trinajstić information content (AvgIpc) is 3.43. The van der Waals surface area contributed by atoms with Crippen LogP contribution >= 0.6 is 23.4 Å². The van der Waals surface area contributed by atoms with E-state index in [0.717, 1.165) is 11.0 Å². The topological polar surface area (TPSA) is 105 Å². The van der Waals surface area contributed by atoms with E-state index in [1.807, 2.05) is 6.07 Å². The van der Waals surface area contributed by atoms with Crippen molar-refractivity contribution in [3.05, 3.63) is 64.2 Å². The summed E-state index contributed by atoms with van der Waals surface area (Å²) in [6.07, 6.45) is -2.73. The van der Waals surface area contributed by atoms with Gasteiger partial charge in [0.2, 0.25) is 5.82 Å². The predicted molar refractivity (Wildman–Crippen MR) is 163 cm³/mol. The smallest absolute Gasteiger partial charge is 0.452 e. The molecule has 0 aliphatic carbocycles. The summed E-state index contributed by atoms with van der Waals surface area (Å²) in [6.45, 7) is 2.65. The van der Waals surface area contributed by atoms with E-state index in [2.05, 4.69) is 15.5 Å². The zero-order chi connectivity index (χ0) is 32.3. The molecule has 4 unspecified atom stereocenters. The quantitative estimate of drug-likeness (QED) is 0.243. The summed E-state index contributed by atoms with van der Waals surface area (Å²) in [5, 5.41) is 9.77. The Kier molecular flexibility index (Phi) is 10.3. The lowest BCUT2D eigenvalue weighted by atomic mass is 9.86. The molecule has 0 amide bonds. The molecule has 45 heavy (non-hydrogen) atoms. The molecule has 1 aromatic heterocycles. The van der Waals surface area contributed by atoms with Gasteiger partial charge < -0.3 is 19.5 Å². The Morgan fingerprint density at radius 1 is 1.13 bits per heavy atom. The number of aromatic nitrogens is 3. The van der Waals surface area contributed by atoms with Crippen LogP contribution in [0.4, 0.5) is 13.2 Å². The number of para-hydroxylation sites is 1. The summed E-state index contributed by atoms with van der Waals surface area (Å²) in [4.78, 5) is 25.8. The van der Waals surface area contributed by atoms with Crippen molar-refractivity contribution in [3.63, 3.8) is 0 Å². The summed E-state index contributed by atoms with van der Waals surface area (Å²) in [7, 11) is 2.99. The summed E-state index contributed by atoms with van der Waals surface area (Å²) in [5.41, 5.74) is 1.33. The van der Waals surface area contributed by atoms with Gasteiger partial charge in [0.25, 0.3) is 0 Å². The van der Waals surface area contributed by atoms with Crippen LogP contribution in [0.15, 0.2) is 36.4 Å². The van der Waals surface area contributed by atoms with Gasteiger partial charge in [0.05, 0.1) is 43.1 Å². The lowest BCUT2D eigenvalue weighted by Gasteiger charge is -2.30. The number of nitrogens with one attached hydrogen (secondary N) is 1. The van der Waals surface area contributed by atoms with Gasteiger partial charge in [-0.15, -0.1) is 22.0 Å². The van der Waals surface area contributed by atoms with Gasteiger partial charge in [0.1, 0.15) is 0 Å². The van der Waals surface area contributed by atoms with E-state index in [1.165, 1.54) is 38.1 Å². The highest BCUT2D eigenvalue weighted by Gasteiger charge is 2.44. The maximum atomic E-state index is 14.4. The van der Waals surface area contributed by atoms with Crippen LogP contribution in [-0.4, -0.2) is 59.9 Å². The number of hydrogen-bond acceptors (Lipinski definition) is 9. The first kappa shape index (κ1) is 33.1. The number of nitrogens with zero attached hydrogens (tertiary/aromatic N) is 3. The molecule has 2 aliphatic rings. The number of methoxy groups -OCH3 is 2. The van der Waals surface area contributed by atoms with Crippen molar-refractivity contribution < 1.29 is 37.0 Å². The van der Waals surface area contributed by atoms with Crippen LogP contribution in [-0.2, 0) is 20.5 Å². The normalized spacial score (nSPS) is 21.3. The molecule has 1 fully saturated rings. The summed E-state index contributed by atoms with van der Waals surface area (Å²) in [5.74, 6) is -0.598. The number of hydrogen-bond donors (Lipinski definition) is 1. The Hall–Kier alpha value is -3.29. The Morgan fingerprint density at radius 3 is 2.64 bits per heavy atom. The number of ether oxygens (including phenoxy) is 3. The Morgan fingerprint density at radius 2 is 1.93 bits per heavy atom. The van der Waals surface area contributed by atoms with Crippen LogP contribution in [0.2, 0.25) is 5.02 Å². The number of rotatable bonds is 10. The molecule has 0 radical (unpaired) electrons. The highest BCUT2D eigenvalue weighted by Crippen LogP contribution is 2.54. The molecule has 3 aromatic rings. The molecule has 242 valence electrons. The average molecular weight is 667 g/mol. The van der Waals surface area contributed by atoms with Crippen LogP contribution in [0.25, 0.3) is 5.69 Å². The minimum atomic E-state index is -4.81. The van der Waals surface area contributed by atoms with Gasteiger partial charge in [0, 0.05) is 23.4 Å². The number of ketones is 1. The van der Waals surface area contributed by atoms with Gasteiger partial charge in [-0.2, -0.15) is 13.2 Å². The molecule has 2 aliphatic heterocycles. The molecule has 4 atom stereocenters. The molecule has 0 saturated carbocycles. The molecule has 0 bridgehead atoms. The first-order valence-electron chi connectivity index (χ1n) is 14.7. The Labute approximate surface area is 268 Å². The largest absolute Gasteiger partial charge is 0.493 e. The van der Waals surface area contributed by atoms with Crippen molar-refractivity contribution in [2.45, 2.75) is 61.7 Å². The van der Waals surface area contributed by atoms with E-state index < -0.39 is 28.5 Å². The number of halogens is 4. The van der Waals surface area contributed by atoms with Crippen molar-refractivity contribution >= 4 is 35.1 Å². The Bertz CT molecular complexity index is 1550. The molecular formula is C31H34ClF3N4O5S. The van der Waals surface area contributed by atoms with Crippen LogP contribution < -0.4 is 14.8 Å². The fourth-order valence-corrected chi connectivity index (χ4v) is 7.76. The number of Topliss-reactive ketones (excluding diaryl/α,β-unsaturated/α-hetero) is 1. The van der Waals surface area contributed by atoms with Gasteiger partial charge in [-0.05, 0) is 68.5 Å². The summed E-state index contributed by atoms with van der Waals surface area (Å²) >= 11 is 7.72. The van der Waals surface area contributed by atoms with Crippen molar-refractivity contribution in [1.82, 2.24) is 20.1 Å². The van der Waals surface area contributed by atoms with E-state index in [1.54, 1.807) is 25.1 Å². The first-order chi connectivity index (χ1) is 21.5. The maximum absolute atomic E-state index is 14.4. The van der Waals surface area contributed by atoms with Crippen molar-refractivity contribution in [3.8, 4) is 17.2 Å². The van der Waals surface area contributed by atoms with E-state index >= 15 is 0 Å². The number of esters is 1. The number of thioether (sulfide) groups is 1. The van der Waals surface area contributed by atoms with Crippen LogP contribution in [0, 0.1) is 5.92 Å². The second-order valence-electron chi connectivity index (χ2n) is 10.9. The molecule has 14 heteroatoms. The lowest BCUT2D eigenvalue weighted by molar-refractivity contribution is -0.146. The number of fused-ring (bicyclic) bond motifs is 3. The van der Waals surface area contributed by atoms with E-state index in [0.29, 0.717) is 53.6 Å². The third-order valence-electron chi connectivity index (χ3n) is 8.11. The van der Waals surface area contributed by atoms with E-state index in [-0.39, 0.29) is 42.0 Å². The number of alkyl halides is 3. The predicted octanol–water partition coefficient (Wildman–Crippen LogP) is 6.50. The van der Waals surface area contributed by atoms with Gasteiger partial charge in [-0.3, -0.25) is 14.2 Å². The molecule has 2 aromatic carbocycles. The lowest BCUT2D eigenvalue weighted by Crippen LogP contribution is -2.44. The second-order valence-corrected chi connectivity index (χ2v) is 12.7. The number of benzene rings is 2.